The maximum atomic E-state index is 5.01. The Morgan fingerprint density at radius 3 is 3.11 bits per heavy atom. The normalized spacial score (nSPS) is 21.3. The predicted octanol–water partition coefficient (Wildman–Crippen LogP) is 2.70. The zero-order valence-electron chi connectivity index (χ0n) is 10.7. The summed E-state index contributed by atoms with van der Waals surface area (Å²) in [6.45, 7) is 8.45. The Balaban J connectivity index is 2.13. The van der Waals surface area contributed by atoms with Crippen LogP contribution < -0.4 is 5.32 Å². The second kappa shape index (κ2) is 5.49. The topological polar surface area (TPSA) is 49.9 Å². The Kier molecular flexibility index (Phi) is 3.77. The van der Waals surface area contributed by atoms with Crippen LogP contribution in [0.25, 0.3) is 0 Å². The molecule has 0 aromatic carbocycles. The van der Waals surface area contributed by atoms with Gasteiger partial charge < -0.3 is 9.73 Å². The van der Waals surface area contributed by atoms with Crippen LogP contribution in [0.5, 0.6) is 0 Å². The van der Waals surface area contributed by atoms with Crippen LogP contribution in [0.4, 0.5) is 0 Å². The molecule has 1 aliphatic heterocycles. The molecule has 1 unspecified atom stereocenters. The zero-order chi connectivity index (χ0) is 13.0. The van der Waals surface area contributed by atoms with Crippen molar-refractivity contribution in [2.45, 2.75) is 26.4 Å². The molecule has 4 heteroatoms. The zero-order valence-corrected chi connectivity index (χ0v) is 10.7. The molecule has 0 aliphatic carbocycles. The van der Waals surface area contributed by atoms with E-state index in [0.717, 1.165) is 22.8 Å². The molecule has 18 heavy (non-hydrogen) atoms. The minimum atomic E-state index is 0.130. The van der Waals surface area contributed by atoms with Gasteiger partial charge in [-0.3, -0.25) is 9.98 Å². The van der Waals surface area contributed by atoms with E-state index in [4.69, 9.17) is 4.42 Å². The van der Waals surface area contributed by atoms with E-state index in [2.05, 4.69) is 21.9 Å². The summed E-state index contributed by atoms with van der Waals surface area (Å²) in [7, 11) is 0. The molecule has 1 aromatic rings. The van der Waals surface area contributed by atoms with Crippen LogP contribution in [0, 0.1) is 0 Å². The molecule has 0 saturated heterocycles. The van der Waals surface area contributed by atoms with Gasteiger partial charge in [0.05, 0.1) is 25.1 Å². The lowest BCUT2D eigenvalue weighted by atomic mass is 10.3. The van der Waals surface area contributed by atoms with Crippen molar-refractivity contribution in [3.05, 3.63) is 48.5 Å². The van der Waals surface area contributed by atoms with Gasteiger partial charge in [0.2, 0.25) is 0 Å². The smallest absolute Gasteiger partial charge is 0.129 e. The van der Waals surface area contributed by atoms with Crippen LogP contribution in [0.1, 0.15) is 19.4 Å². The van der Waals surface area contributed by atoms with Gasteiger partial charge in [0.15, 0.2) is 0 Å². The summed E-state index contributed by atoms with van der Waals surface area (Å²) in [5.74, 6) is 1.58. The van der Waals surface area contributed by atoms with Crippen LogP contribution in [0.3, 0.4) is 0 Å². The molecule has 1 N–H and O–H groups in total. The van der Waals surface area contributed by atoms with Gasteiger partial charge in [0.1, 0.15) is 11.7 Å². The highest BCUT2D eigenvalue weighted by molar-refractivity contribution is 6.12. The van der Waals surface area contributed by atoms with Crippen LogP contribution in [0.2, 0.25) is 0 Å². The Bertz CT molecular complexity index is 509. The lowest BCUT2D eigenvalue weighted by molar-refractivity contribution is 0.564. The number of hydrogen-bond donors (Lipinski definition) is 1. The summed E-state index contributed by atoms with van der Waals surface area (Å²) < 4.78 is 5.01. The molecule has 1 aromatic heterocycles. The van der Waals surface area contributed by atoms with Gasteiger partial charge in [0, 0.05) is 5.56 Å². The molecule has 0 spiro atoms. The highest BCUT2D eigenvalue weighted by atomic mass is 16.3. The lowest BCUT2D eigenvalue weighted by Gasteiger charge is -2.08. The van der Waals surface area contributed by atoms with Gasteiger partial charge >= 0.3 is 0 Å². The number of furan rings is 1. The Labute approximate surface area is 107 Å². The van der Waals surface area contributed by atoms with Gasteiger partial charge in [-0.05, 0) is 31.6 Å². The summed E-state index contributed by atoms with van der Waals surface area (Å²) in [5, 5.41) is 3.19. The predicted molar refractivity (Wildman–Crippen MR) is 73.8 cm³/mol. The maximum absolute atomic E-state index is 5.01. The van der Waals surface area contributed by atoms with Crippen molar-refractivity contribution < 1.29 is 4.42 Å². The fourth-order valence-electron chi connectivity index (χ4n) is 1.54. The summed E-state index contributed by atoms with van der Waals surface area (Å²) in [6, 6.07) is 2.03. The third kappa shape index (κ3) is 3.20. The van der Waals surface area contributed by atoms with Gasteiger partial charge in [-0.1, -0.05) is 12.7 Å². The first-order valence-corrected chi connectivity index (χ1v) is 5.89. The average Bonchev–Trinajstić information content (AvgIpc) is 2.77. The van der Waals surface area contributed by atoms with Crippen molar-refractivity contribution in [2.24, 2.45) is 9.98 Å². The number of hydrogen-bond acceptors (Lipinski definition) is 3. The molecule has 2 heterocycles. The first kappa shape index (κ1) is 12.4. The number of aliphatic imine (C=N–C) groups is 2. The highest BCUT2D eigenvalue weighted by Gasteiger charge is 2.08. The van der Waals surface area contributed by atoms with E-state index in [1.165, 1.54) is 0 Å². The third-order valence-electron chi connectivity index (χ3n) is 2.53. The molecule has 0 bridgehead atoms. The van der Waals surface area contributed by atoms with Gasteiger partial charge in [-0.25, -0.2) is 0 Å². The lowest BCUT2D eigenvalue weighted by Crippen LogP contribution is -2.29. The number of amidine groups is 2. The van der Waals surface area contributed by atoms with Crippen molar-refractivity contribution >= 4 is 11.7 Å². The van der Waals surface area contributed by atoms with Crippen LogP contribution in [-0.4, -0.2) is 17.7 Å². The minimum Gasteiger partial charge on any atom is -0.472 e. The molecule has 2 rings (SSSR count). The fourth-order valence-corrected chi connectivity index (χ4v) is 1.54. The van der Waals surface area contributed by atoms with E-state index >= 15 is 0 Å². The molecular formula is C14H17N3O. The first-order chi connectivity index (χ1) is 8.65. The van der Waals surface area contributed by atoms with Crippen LogP contribution in [0.15, 0.2) is 57.3 Å². The quantitative estimate of drug-likeness (QED) is 0.887. The van der Waals surface area contributed by atoms with Crippen molar-refractivity contribution in [2.75, 3.05) is 0 Å². The molecule has 94 valence electrons. The molecule has 1 atom stereocenters. The number of nitrogens with one attached hydrogen (secondary N) is 1. The molecule has 0 saturated carbocycles. The maximum Gasteiger partial charge on any atom is 0.129 e. The van der Waals surface area contributed by atoms with Crippen LogP contribution >= 0.6 is 0 Å². The van der Waals surface area contributed by atoms with Crippen molar-refractivity contribution in [1.82, 2.24) is 5.32 Å². The number of nitrogens with zero attached hydrogens (tertiary/aromatic N) is 2. The molecule has 1 aliphatic rings. The highest BCUT2D eigenvalue weighted by Crippen LogP contribution is 2.05. The summed E-state index contributed by atoms with van der Waals surface area (Å²) in [5.41, 5.74) is 1.95. The van der Waals surface area contributed by atoms with E-state index in [-0.39, 0.29) is 6.04 Å². The summed E-state index contributed by atoms with van der Waals surface area (Å²) >= 11 is 0. The second-order valence-electron chi connectivity index (χ2n) is 4.32. The fraction of sp³-hybridized carbons (Fsp3) is 0.286. The molecular weight excluding hydrogens is 226 g/mol. The Morgan fingerprint density at radius 1 is 1.61 bits per heavy atom. The monoisotopic (exact) mass is 243 g/mol. The van der Waals surface area contributed by atoms with Crippen molar-refractivity contribution in [3.8, 4) is 0 Å². The van der Waals surface area contributed by atoms with Gasteiger partial charge in [-0.2, -0.15) is 0 Å². The second-order valence-corrected chi connectivity index (χ2v) is 4.32. The average molecular weight is 243 g/mol. The minimum absolute atomic E-state index is 0.130. The molecule has 0 amide bonds. The van der Waals surface area contributed by atoms with Crippen LogP contribution in [-0.2, 0) is 6.54 Å². The van der Waals surface area contributed by atoms with E-state index in [1.54, 1.807) is 12.5 Å². The number of rotatable bonds is 3. The van der Waals surface area contributed by atoms with E-state index in [1.807, 2.05) is 32.1 Å². The largest absolute Gasteiger partial charge is 0.472 e. The summed E-state index contributed by atoms with van der Waals surface area (Å²) in [6.07, 6.45) is 7.30. The Hall–Kier alpha value is -2.10. The standard InChI is InChI=1S/C14H17N3O/c1-10(2)14-16-11(3)4-5-13(17-14)15-8-12-6-7-18-9-12/h4-7,9,11H,1,8H2,2-3H3,(H,15,16,17). The van der Waals surface area contributed by atoms with E-state index in [0.29, 0.717) is 6.54 Å². The van der Waals surface area contributed by atoms with Crippen molar-refractivity contribution in [3.63, 3.8) is 0 Å². The molecule has 0 fully saturated rings. The SMILES string of the molecule is C=C(C)C1=NC(C)C=CC(=NCc2ccoc2)N1. The van der Waals surface area contributed by atoms with Gasteiger partial charge in [-0.15, -0.1) is 0 Å². The molecule has 4 nitrogen and oxygen atoms in total. The first-order valence-electron chi connectivity index (χ1n) is 5.89. The summed E-state index contributed by atoms with van der Waals surface area (Å²) in [4.78, 5) is 8.98. The van der Waals surface area contributed by atoms with Crippen molar-refractivity contribution in [1.29, 1.82) is 0 Å². The van der Waals surface area contributed by atoms with E-state index in [9.17, 15) is 0 Å². The molecule has 0 radical (unpaired) electrons. The van der Waals surface area contributed by atoms with E-state index < -0.39 is 0 Å². The Morgan fingerprint density at radius 2 is 2.44 bits per heavy atom. The van der Waals surface area contributed by atoms with Gasteiger partial charge in [0.25, 0.3) is 0 Å². The third-order valence-corrected chi connectivity index (χ3v) is 2.53.